The van der Waals surface area contributed by atoms with Crippen LogP contribution in [0.3, 0.4) is 0 Å². The lowest BCUT2D eigenvalue weighted by Gasteiger charge is -2.71. The van der Waals surface area contributed by atoms with Gasteiger partial charge in [-0.3, -0.25) is 4.79 Å². The first-order valence-electron chi connectivity index (χ1n) is 13.8. The number of rotatable bonds is 1. The van der Waals surface area contributed by atoms with Gasteiger partial charge in [-0.25, -0.2) is 0 Å². The van der Waals surface area contributed by atoms with E-state index in [0.29, 0.717) is 11.8 Å². The molecule has 5 rings (SSSR count). The van der Waals surface area contributed by atoms with Crippen molar-refractivity contribution in [3.05, 3.63) is 11.6 Å². The standard InChI is InChI=1S/C30H48O3/c1-25(2)14-16-30(24(32)33)17-15-28(6)19(20(30)18-25)8-9-22-27(5)12-11-23(31)26(3,4)21(27)10-13-29(22,28)7/h8,20-23,31H,9-18H2,1-7H3,(H,32,33)/t20-,21-,22?,23+,27-,28+,29+,30-/m0/s1. The highest BCUT2D eigenvalue weighted by atomic mass is 16.4. The molecule has 0 bridgehead atoms. The van der Waals surface area contributed by atoms with Crippen molar-refractivity contribution in [2.75, 3.05) is 0 Å². The number of aliphatic hydroxyl groups is 1. The molecule has 0 aromatic rings. The molecule has 186 valence electrons. The topological polar surface area (TPSA) is 57.5 Å². The summed E-state index contributed by atoms with van der Waals surface area (Å²) in [5, 5.41) is 21.4. The molecule has 0 heterocycles. The van der Waals surface area contributed by atoms with Crippen LogP contribution in [-0.4, -0.2) is 22.3 Å². The fourth-order valence-corrected chi connectivity index (χ4v) is 10.6. The minimum Gasteiger partial charge on any atom is -0.481 e. The number of fused-ring (bicyclic) bond motifs is 7. The molecular formula is C30H48O3. The molecule has 1 unspecified atom stereocenters. The lowest BCUT2D eigenvalue weighted by atomic mass is 9.33. The summed E-state index contributed by atoms with van der Waals surface area (Å²) >= 11 is 0. The van der Waals surface area contributed by atoms with Crippen LogP contribution in [0, 0.1) is 50.2 Å². The maximum atomic E-state index is 12.8. The van der Waals surface area contributed by atoms with Crippen LogP contribution in [0.4, 0.5) is 0 Å². The molecule has 3 nitrogen and oxygen atoms in total. The molecule has 3 heteroatoms. The zero-order valence-corrected chi connectivity index (χ0v) is 22.3. The van der Waals surface area contributed by atoms with Crippen molar-refractivity contribution in [2.45, 2.75) is 119 Å². The second-order valence-corrected chi connectivity index (χ2v) is 15.1. The van der Waals surface area contributed by atoms with E-state index in [-0.39, 0.29) is 39.1 Å². The minimum absolute atomic E-state index is 0.0301. The third kappa shape index (κ3) is 2.87. The summed E-state index contributed by atoms with van der Waals surface area (Å²) in [5.41, 5.74) is 1.68. The van der Waals surface area contributed by atoms with Gasteiger partial charge in [0.25, 0.3) is 0 Å². The van der Waals surface area contributed by atoms with Gasteiger partial charge >= 0.3 is 5.97 Å². The summed E-state index contributed by atoms with van der Waals surface area (Å²) in [6.07, 6.45) is 12.6. The molecule has 0 amide bonds. The maximum absolute atomic E-state index is 12.8. The molecule has 4 saturated carbocycles. The van der Waals surface area contributed by atoms with E-state index < -0.39 is 11.4 Å². The second kappa shape index (κ2) is 6.89. The Balaban J connectivity index is 1.60. The van der Waals surface area contributed by atoms with Crippen molar-refractivity contribution in [1.82, 2.24) is 0 Å². The van der Waals surface area contributed by atoms with Gasteiger partial charge in [0, 0.05) is 0 Å². The number of carboxylic acid groups (broad SMARTS) is 1. The molecule has 0 aromatic heterocycles. The largest absolute Gasteiger partial charge is 0.481 e. The molecule has 0 aliphatic heterocycles. The summed E-state index contributed by atoms with van der Waals surface area (Å²) in [5.74, 6) is 0.807. The molecule has 2 N–H and O–H groups in total. The lowest BCUT2D eigenvalue weighted by Crippen LogP contribution is -2.65. The van der Waals surface area contributed by atoms with E-state index >= 15 is 0 Å². The SMILES string of the molecule is CC1(C)CC[C@]2(C(=O)O)CC[C@]3(C)C(=CCC4[C@@]5(C)CC[C@@H](O)C(C)(C)[C@@H]5CC[C@]43C)[C@@H]2C1. The Kier molecular flexibility index (Phi) is 4.99. The second-order valence-electron chi connectivity index (χ2n) is 15.1. The van der Waals surface area contributed by atoms with Crippen molar-refractivity contribution < 1.29 is 15.0 Å². The first-order valence-corrected chi connectivity index (χ1v) is 13.8. The Hall–Kier alpha value is -0.830. The van der Waals surface area contributed by atoms with Gasteiger partial charge < -0.3 is 10.2 Å². The summed E-state index contributed by atoms with van der Waals surface area (Å²) < 4.78 is 0. The van der Waals surface area contributed by atoms with Gasteiger partial charge in [-0.15, -0.1) is 0 Å². The van der Waals surface area contributed by atoms with Gasteiger partial charge in [-0.1, -0.05) is 60.1 Å². The number of hydrogen-bond acceptors (Lipinski definition) is 2. The van der Waals surface area contributed by atoms with E-state index in [2.05, 4.69) is 54.5 Å². The predicted molar refractivity (Wildman–Crippen MR) is 133 cm³/mol. The number of hydrogen-bond donors (Lipinski definition) is 2. The number of carbonyl (C=O) groups is 1. The van der Waals surface area contributed by atoms with Gasteiger partial charge in [0.05, 0.1) is 11.5 Å². The van der Waals surface area contributed by atoms with E-state index in [1.54, 1.807) is 0 Å². The Labute approximate surface area is 201 Å². The van der Waals surface area contributed by atoms with E-state index in [4.69, 9.17) is 0 Å². The fraction of sp³-hybridized carbons (Fsp3) is 0.900. The Bertz CT molecular complexity index is 885. The summed E-state index contributed by atoms with van der Waals surface area (Å²) in [7, 11) is 0. The molecular weight excluding hydrogens is 408 g/mol. The quantitative estimate of drug-likeness (QED) is 0.409. The number of allylic oxidation sites excluding steroid dienone is 2. The molecule has 0 radical (unpaired) electrons. The summed E-state index contributed by atoms with van der Waals surface area (Å²) in [4.78, 5) is 12.8. The summed E-state index contributed by atoms with van der Waals surface area (Å²) in [6, 6.07) is 0. The Morgan fingerprint density at radius 3 is 2.21 bits per heavy atom. The highest BCUT2D eigenvalue weighted by Crippen LogP contribution is 2.75. The van der Waals surface area contributed by atoms with Crippen molar-refractivity contribution in [2.24, 2.45) is 50.2 Å². The zero-order chi connectivity index (χ0) is 24.2. The number of aliphatic carboxylic acids is 1. The van der Waals surface area contributed by atoms with E-state index in [1.807, 2.05) is 0 Å². The summed E-state index contributed by atoms with van der Waals surface area (Å²) in [6.45, 7) is 16.9. The van der Waals surface area contributed by atoms with Crippen LogP contribution < -0.4 is 0 Å². The van der Waals surface area contributed by atoms with Crippen molar-refractivity contribution in [3.63, 3.8) is 0 Å². The monoisotopic (exact) mass is 456 g/mol. The normalized spacial score (nSPS) is 52.4. The minimum atomic E-state index is -0.553. The van der Waals surface area contributed by atoms with E-state index in [0.717, 1.165) is 51.4 Å². The van der Waals surface area contributed by atoms with Gasteiger partial charge in [0.1, 0.15) is 0 Å². The van der Waals surface area contributed by atoms with Crippen LogP contribution in [0.15, 0.2) is 11.6 Å². The van der Waals surface area contributed by atoms with Crippen LogP contribution in [0.25, 0.3) is 0 Å². The smallest absolute Gasteiger partial charge is 0.310 e. The molecule has 8 atom stereocenters. The van der Waals surface area contributed by atoms with Crippen LogP contribution >= 0.6 is 0 Å². The number of aliphatic hydroxyl groups excluding tert-OH is 1. The molecule has 0 aromatic carbocycles. The molecule has 0 spiro atoms. The van der Waals surface area contributed by atoms with Crippen LogP contribution in [0.2, 0.25) is 0 Å². The lowest BCUT2D eigenvalue weighted by molar-refractivity contribution is -0.205. The van der Waals surface area contributed by atoms with E-state index in [9.17, 15) is 15.0 Å². The third-order valence-corrected chi connectivity index (χ3v) is 13.0. The first kappa shape index (κ1) is 23.9. The Morgan fingerprint density at radius 2 is 1.55 bits per heavy atom. The fourth-order valence-electron chi connectivity index (χ4n) is 10.6. The average Bonchev–Trinajstić information content (AvgIpc) is 2.71. The Morgan fingerprint density at radius 1 is 0.879 bits per heavy atom. The van der Waals surface area contributed by atoms with Crippen molar-refractivity contribution in [1.29, 1.82) is 0 Å². The van der Waals surface area contributed by atoms with Gasteiger partial charge in [0.2, 0.25) is 0 Å². The molecule has 0 saturated heterocycles. The van der Waals surface area contributed by atoms with Gasteiger partial charge in [0.15, 0.2) is 0 Å². The van der Waals surface area contributed by atoms with Crippen LogP contribution in [0.1, 0.15) is 113 Å². The molecule has 33 heavy (non-hydrogen) atoms. The average molecular weight is 457 g/mol. The van der Waals surface area contributed by atoms with Gasteiger partial charge in [-0.05, 0) is 109 Å². The third-order valence-electron chi connectivity index (χ3n) is 13.0. The predicted octanol–water partition coefficient (Wildman–Crippen LogP) is 7.23. The zero-order valence-electron chi connectivity index (χ0n) is 22.3. The first-order chi connectivity index (χ1) is 15.1. The van der Waals surface area contributed by atoms with Crippen LogP contribution in [0.5, 0.6) is 0 Å². The van der Waals surface area contributed by atoms with Crippen molar-refractivity contribution >= 4 is 5.97 Å². The highest BCUT2D eigenvalue weighted by Gasteiger charge is 2.69. The number of carboxylic acids is 1. The highest BCUT2D eigenvalue weighted by molar-refractivity contribution is 5.76. The molecule has 5 aliphatic carbocycles. The van der Waals surface area contributed by atoms with E-state index in [1.165, 1.54) is 18.4 Å². The van der Waals surface area contributed by atoms with Crippen molar-refractivity contribution in [3.8, 4) is 0 Å². The molecule has 4 fully saturated rings. The maximum Gasteiger partial charge on any atom is 0.310 e. The van der Waals surface area contributed by atoms with Gasteiger partial charge in [-0.2, -0.15) is 0 Å². The molecule has 5 aliphatic rings. The van der Waals surface area contributed by atoms with Crippen LogP contribution in [-0.2, 0) is 4.79 Å².